The number of aromatic nitrogens is 3. The summed E-state index contributed by atoms with van der Waals surface area (Å²) in [6.45, 7) is 6.55. The number of nitrogens with zero attached hydrogens (tertiary/aromatic N) is 2. The highest BCUT2D eigenvalue weighted by Gasteiger charge is 2.20. The van der Waals surface area contributed by atoms with Crippen molar-refractivity contribution in [1.29, 1.82) is 0 Å². The number of rotatable bonds is 0. The van der Waals surface area contributed by atoms with Gasteiger partial charge in [0.25, 0.3) is 0 Å². The first-order valence-corrected chi connectivity index (χ1v) is 5.80. The molecule has 0 unspecified atom stereocenters. The third kappa shape index (κ3) is 1.50. The number of fused-ring (bicyclic) bond motifs is 3. The van der Waals surface area contributed by atoms with E-state index in [9.17, 15) is 0 Å². The van der Waals surface area contributed by atoms with Gasteiger partial charge in [0, 0.05) is 28.1 Å². The molecule has 3 rings (SSSR count). The van der Waals surface area contributed by atoms with Gasteiger partial charge in [0.15, 0.2) is 0 Å². The first kappa shape index (κ1) is 10.3. The number of aromatic amines is 1. The van der Waals surface area contributed by atoms with Gasteiger partial charge in [0.2, 0.25) is 0 Å². The zero-order valence-electron chi connectivity index (χ0n) is 10.3. The van der Waals surface area contributed by atoms with Gasteiger partial charge in [-0.15, -0.1) is 0 Å². The molecule has 0 radical (unpaired) electrons. The summed E-state index contributed by atoms with van der Waals surface area (Å²) in [5.41, 5.74) is 3.17. The van der Waals surface area contributed by atoms with E-state index in [0.29, 0.717) is 0 Å². The van der Waals surface area contributed by atoms with Crippen LogP contribution in [0.15, 0.2) is 30.5 Å². The standard InChI is InChI=1S/C14H15N3/c1-14(2,3)13-10-7-6-9-5-4-8-15-11(9)12(10)16-17-13/h4-8H,1-3H3,(H,16,17). The molecule has 0 bridgehead atoms. The Kier molecular flexibility index (Phi) is 1.99. The van der Waals surface area contributed by atoms with Gasteiger partial charge >= 0.3 is 0 Å². The first-order valence-electron chi connectivity index (χ1n) is 5.80. The zero-order valence-corrected chi connectivity index (χ0v) is 10.3. The summed E-state index contributed by atoms with van der Waals surface area (Å²) in [7, 11) is 0. The number of H-pyrrole nitrogens is 1. The van der Waals surface area contributed by atoms with Gasteiger partial charge in [-0.2, -0.15) is 5.10 Å². The van der Waals surface area contributed by atoms with Crippen LogP contribution in [0.1, 0.15) is 26.5 Å². The predicted molar refractivity (Wildman–Crippen MR) is 70.1 cm³/mol. The Balaban J connectivity index is 2.43. The molecule has 0 spiro atoms. The van der Waals surface area contributed by atoms with Crippen LogP contribution in [-0.4, -0.2) is 15.2 Å². The highest BCUT2D eigenvalue weighted by Crippen LogP contribution is 2.30. The lowest BCUT2D eigenvalue weighted by atomic mass is 9.90. The number of hydrogen-bond acceptors (Lipinski definition) is 2. The summed E-state index contributed by atoms with van der Waals surface area (Å²) in [6.07, 6.45) is 1.81. The van der Waals surface area contributed by atoms with Crippen LogP contribution in [-0.2, 0) is 5.41 Å². The van der Waals surface area contributed by atoms with Crippen molar-refractivity contribution in [2.75, 3.05) is 0 Å². The Labute approximate surface area is 99.9 Å². The molecule has 3 heteroatoms. The van der Waals surface area contributed by atoms with E-state index in [1.165, 1.54) is 11.1 Å². The van der Waals surface area contributed by atoms with Crippen LogP contribution < -0.4 is 0 Å². The van der Waals surface area contributed by atoms with Crippen molar-refractivity contribution in [3.05, 3.63) is 36.2 Å². The summed E-state index contributed by atoms with van der Waals surface area (Å²) in [4.78, 5) is 4.42. The van der Waals surface area contributed by atoms with Crippen LogP contribution in [0, 0.1) is 0 Å². The largest absolute Gasteiger partial charge is 0.281 e. The Hall–Kier alpha value is -1.90. The van der Waals surface area contributed by atoms with Crippen molar-refractivity contribution < 1.29 is 0 Å². The smallest absolute Gasteiger partial charge is 0.119 e. The minimum atomic E-state index is 0.0667. The van der Waals surface area contributed by atoms with Crippen molar-refractivity contribution in [1.82, 2.24) is 15.2 Å². The molecular weight excluding hydrogens is 210 g/mol. The molecule has 1 N–H and O–H groups in total. The topological polar surface area (TPSA) is 41.6 Å². The van der Waals surface area contributed by atoms with E-state index in [0.717, 1.165) is 16.4 Å². The maximum Gasteiger partial charge on any atom is 0.119 e. The number of benzene rings is 1. The van der Waals surface area contributed by atoms with Crippen LogP contribution in [0.4, 0.5) is 0 Å². The summed E-state index contributed by atoms with van der Waals surface area (Å²) in [5, 5.41) is 9.88. The second-order valence-corrected chi connectivity index (χ2v) is 5.39. The number of pyridine rings is 1. The second kappa shape index (κ2) is 3.29. The molecule has 0 aliphatic heterocycles. The normalized spacial score (nSPS) is 12.4. The highest BCUT2D eigenvalue weighted by atomic mass is 15.1. The van der Waals surface area contributed by atoms with Crippen molar-refractivity contribution in [2.45, 2.75) is 26.2 Å². The lowest BCUT2D eigenvalue weighted by molar-refractivity contribution is 0.571. The van der Waals surface area contributed by atoms with Crippen LogP contribution in [0.5, 0.6) is 0 Å². The van der Waals surface area contributed by atoms with Gasteiger partial charge in [-0.05, 0) is 6.07 Å². The fourth-order valence-electron chi connectivity index (χ4n) is 2.19. The van der Waals surface area contributed by atoms with Gasteiger partial charge in [0.05, 0.1) is 5.52 Å². The van der Waals surface area contributed by atoms with Gasteiger partial charge in [-0.1, -0.05) is 39.0 Å². The molecule has 17 heavy (non-hydrogen) atoms. The molecule has 0 atom stereocenters. The van der Waals surface area contributed by atoms with Crippen LogP contribution in [0.25, 0.3) is 21.8 Å². The van der Waals surface area contributed by atoms with E-state index in [1.54, 1.807) is 0 Å². The molecule has 0 fully saturated rings. The highest BCUT2D eigenvalue weighted by molar-refractivity contribution is 6.03. The van der Waals surface area contributed by atoms with E-state index >= 15 is 0 Å². The third-order valence-electron chi connectivity index (χ3n) is 3.05. The molecule has 1 aromatic carbocycles. The monoisotopic (exact) mass is 225 g/mol. The molecule has 0 saturated carbocycles. The maximum atomic E-state index is 4.43. The zero-order chi connectivity index (χ0) is 12.0. The van der Waals surface area contributed by atoms with Gasteiger partial charge < -0.3 is 0 Å². The average Bonchev–Trinajstić information content (AvgIpc) is 2.72. The van der Waals surface area contributed by atoms with E-state index in [4.69, 9.17) is 0 Å². The average molecular weight is 225 g/mol. The molecule has 0 aliphatic rings. The third-order valence-corrected chi connectivity index (χ3v) is 3.05. The van der Waals surface area contributed by atoms with Gasteiger partial charge in [-0.25, -0.2) is 0 Å². The predicted octanol–water partition coefficient (Wildman–Crippen LogP) is 3.41. The van der Waals surface area contributed by atoms with Crippen molar-refractivity contribution in [2.24, 2.45) is 0 Å². The van der Waals surface area contributed by atoms with Crippen LogP contribution in [0.2, 0.25) is 0 Å². The van der Waals surface area contributed by atoms with E-state index in [-0.39, 0.29) is 5.41 Å². The Morgan fingerprint density at radius 3 is 2.65 bits per heavy atom. The van der Waals surface area contributed by atoms with Crippen molar-refractivity contribution in [3.63, 3.8) is 0 Å². The lowest BCUT2D eigenvalue weighted by Crippen LogP contribution is -2.11. The molecule has 3 aromatic rings. The summed E-state index contributed by atoms with van der Waals surface area (Å²) >= 11 is 0. The van der Waals surface area contributed by atoms with Crippen molar-refractivity contribution >= 4 is 21.8 Å². The maximum absolute atomic E-state index is 4.43. The van der Waals surface area contributed by atoms with E-state index in [2.05, 4.69) is 54.2 Å². The fraction of sp³-hybridized carbons (Fsp3) is 0.286. The molecule has 3 nitrogen and oxygen atoms in total. The minimum absolute atomic E-state index is 0.0667. The quantitative estimate of drug-likeness (QED) is 0.637. The van der Waals surface area contributed by atoms with Crippen LogP contribution >= 0.6 is 0 Å². The number of hydrogen-bond donors (Lipinski definition) is 1. The SMILES string of the molecule is CC(C)(C)c1[nH]nc2c1ccc1cccnc12. The van der Waals surface area contributed by atoms with Crippen molar-refractivity contribution in [3.8, 4) is 0 Å². The van der Waals surface area contributed by atoms with E-state index in [1.807, 2.05) is 12.3 Å². The Morgan fingerprint density at radius 2 is 1.88 bits per heavy atom. The van der Waals surface area contributed by atoms with E-state index < -0.39 is 0 Å². The lowest BCUT2D eigenvalue weighted by Gasteiger charge is -2.16. The molecule has 0 aliphatic carbocycles. The molecule has 2 heterocycles. The molecule has 86 valence electrons. The molecule has 2 aromatic heterocycles. The summed E-state index contributed by atoms with van der Waals surface area (Å²) in [5.74, 6) is 0. The van der Waals surface area contributed by atoms with Gasteiger partial charge in [0.1, 0.15) is 5.52 Å². The molecule has 0 amide bonds. The minimum Gasteiger partial charge on any atom is -0.281 e. The summed E-state index contributed by atoms with van der Waals surface area (Å²) in [6, 6.07) is 8.25. The Morgan fingerprint density at radius 1 is 1.06 bits per heavy atom. The fourth-order valence-corrected chi connectivity index (χ4v) is 2.19. The molecular formula is C14H15N3. The van der Waals surface area contributed by atoms with Gasteiger partial charge in [-0.3, -0.25) is 10.1 Å². The Bertz CT molecular complexity index is 689. The molecule has 0 saturated heterocycles. The first-order chi connectivity index (χ1) is 8.07. The summed E-state index contributed by atoms with van der Waals surface area (Å²) < 4.78 is 0. The van der Waals surface area contributed by atoms with Crippen LogP contribution in [0.3, 0.4) is 0 Å². The number of nitrogens with one attached hydrogen (secondary N) is 1. The second-order valence-electron chi connectivity index (χ2n) is 5.39.